The smallest absolute Gasteiger partial charge is 0.285 e. The minimum Gasteiger partial charge on any atom is -0.349 e. The molecule has 1 aromatic rings. The Kier molecular flexibility index (Phi) is 5.22. The molecule has 104 valence electrons. The Balaban J connectivity index is 3.08. The van der Waals surface area contributed by atoms with Crippen molar-refractivity contribution in [1.29, 1.82) is 0 Å². The summed E-state index contributed by atoms with van der Waals surface area (Å²) in [5.74, 6) is -2.86. The molecular formula is C11H12F2N2O3S. The first-order valence-electron chi connectivity index (χ1n) is 5.30. The summed E-state index contributed by atoms with van der Waals surface area (Å²) in [4.78, 5) is 21.6. The van der Waals surface area contributed by atoms with Crippen LogP contribution in [0.4, 0.5) is 14.5 Å². The molecule has 0 saturated carbocycles. The number of nitrogens with zero attached hydrogens (tertiary/aromatic N) is 1. The van der Waals surface area contributed by atoms with Crippen LogP contribution in [0, 0.1) is 21.7 Å². The first kappa shape index (κ1) is 15.4. The third-order valence-corrected chi connectivity index (χ3v) is 3.11. The molecule has 0 aliphatic heterocycles. The lowest BCUT2D eigenvalue weighted by Crippen LogP contribution is -2.34. The molecule has 1 amide bonds. The fourth-order valence-corrected chi connectivity index (χ4v) is 2.05. The maximum absolute atomic E-state index is 13.1. The standard InChI is InChI=1S/C11H12F2N2O3S/c1-6(5-19-2)14-11(16)7-3-8(12)9(13)4-10(7)15(17)18/h3-4,6H,5H2,1-2H3,(H,14,16). The number of hydrogen-bond acceptors (Lipinski definition) is 4. The quantitative estimate of drug-likeness (QED) is 0.667. The normalized spacial score (nSPS) is 12.0. The van der Waals surface area contributed by atoms with Gasteiger partial charge in [-0.25, -0.2) is 8.78 Å². The van der Waals surface area contributed by atoms with E-state index in [2.05, 4.69) is 5.32 Å². The first-order valence-corrected chi connectivity index (χ1v) is 6.69. The van der Waals surface area contributed by atoms with E-state index in [9.17, 15) is 23.7 Å². The largest absolute Gasteiger partial charge is 0.349 e. The van der Waals surface area contributed by atoms with Gasteiger partial charge in [0.15, 0.2) is 11.6 Å². The van der Waals surface area contributed by atoms with Crippen LogP contribution in [0.1, 0.15) is 17.3 Å². The molecule has 0 bridgehead atoms. The number of amides is 1. The number of hydrogen-bond donors (Lipinski definition) is 1. The summed E-state index contributed by atoms with van der Waals surface area (Å²) in [6.45, 7) is 1.71. The van der Waals surface area contributed by atoms with E-state index in [1.54, 1.807) is 6.92 Å². The Labute approximate surface area is 112 Å². The van der Waals surface area contributed by atoms with Gasteiger partial charge in [0.05, 0.1) is 11.0 Å². The van der Waals surface area contributed by atoms with E-state index in [1.165, 1.54) is 11.8 Å². The van der Waals surface area contributed by atoms with Crippen molar-refractivity contribution in [2.75, 3.05) is 12.0 Å². The molecule has 8 heteroatoms. The SMILES string of the molecule is CSCC(C)NC(=O)c1cc(F)c(F)cc1[N+](=O)[O-]. The zero-order valence-corrected chi connectivity index (χ0v) is 11.1. The van der Waals surface area contributed by atoms with Crippen molar-refractivity contribution in [3.8, 4) is 0 Å². The second-order valence-corrected chi connectivity index (χ2v) is 4.78. The van der Waals surface area contributed by atoms with Gasteiger partial charge in [0.2, 0.25) is 0 Å². The third-order valence-electron chi connectivity index (χ3n) is 2.27. The molecule has 0 aliphatic rings. The van der Waals surface area contributed by atoms with E-state index < -0.39 is 33.7 Å². The summed E-state index contributed by atoms with van der Waals surface area (Å²) in [6, 6.07) is 0.702. The molecule has 0 radical (unpaired) electrons. The summed E-state index contributed by atoms with van der Waals surface area (Å²) in [7, 11) is 0. The molecule has 1 unspecified atom stereocenters. The number of carbonyl (C=O) groups excluding carboxylic acids is 1. The molecule has 1 aromatic carbocycles. The highest BCUT2D eigenvalue weighted by Crippen LogP contribution is 2.22. The van der Waals surface area contributed by atoms with Crippen LogP contribution in [0.2, 0.25) is 0 Å². The highest BCUT2D eigenvalue weighted by atomic mass is 32.2. The second kappa shape index (κ2) is 6.46. The van der Waals surface area contributed by atoms with Crippen molar-refractivity contribution in [3.05, 3.63) is 39.4 Å². The Morgan fingerprint density at radius 2 is 2.05 bits per heavy atom. The van der Waals surface area contributed by atoms with Gasteiger partial charge in [-0.05, 0) is 19.2 Å². The van der Waals surface area contributed by atoms with Crippen LogP contribution in [-0.2, 0) is 0 Å². The van der Waals surface area contributed by atoms with Crippen molar-refractivity contribution in [3.63, 3.8) is 0 Å². The van der Waals surface area contributed by atoms with Crippen LogP contribution >= 0.6 is 11.8 Å². The third kappa shape index (κ3) is 3.88. The topological polar surface area (TPSA) is 72.2 Å². The monoisotopic (exact) mass is 290 g/mol. The van der Waals surface area contributed by atoms with Gasteiger partial charge in [0.1, 0.15) is 5.56 Å². The minimum atomic E-state index is -1.36. The van der Waals surface area contributed by atoms with E-state index in [-0.39, 0.29) is 6.04 Å². The average molecular weight is 290 g/mol. The predicted octanol–water partition coefficient (Wildman–Crippen LogP) is 2.35. The van der Waals surface area contributed by atoms with Crippen LogP contribution in [0.25, 0.3) is 0 Å². The number of carbonyl (C=O) groups is 1. The van der Waals surface area contributed by atoms with Crippen LogP contribution in [0.5, 0.6) is 0 Å². The summed E-state index contributed by atoms with van der Waals surface area (Å²) < 4.78 is 26.0. The number of benzene rings is 1. The van der Waals surface area contributed by atoms with Gasteiger partial charge in [-0.1, -0.05) is 0 Å². The molecule has 0 saturated heterocycles. The van der Waals surface area contributed by atoms with Crippen molar-refractivity contribution in [2.45, 2.75) is 13.0 Å². The number of rotatable bonds is 5. The maximum Gasteiger partial charge on any atom is 0.285 e. The molecule has 5 nitrogen and oxygen atoms in total. The molecule has 1 N–H and O–H groups in total. The molecule has 1 rings (SSSR count). The van der Waals surface area contributed by atoms with E-state index in [0.29, 0.717) is 17.9 Å². The summed E-state index contributed by atoms with van der Waals surface area (Å²) >= 11 is 1.48. The molecule has 0 spiro atoms. The van der Waals surface area contributed by atoms with Crippen LogP contribution in [-0.4, -0.2) is 28.9 Å². The zero-order valence-electron chi connectivity index (χ0n) is 10.3. The Morgan fingerprint density at radius 3 is 2.58 bits per heavy atom. The molecule has 0 aliphatic carbocycles. The predicted molar refractivity (Wildman–Crippen MR) is 68.3 cm³/mol. The fraction of sp³-hybridized carbons (Fsp3) is 0.364. The molecular weight excluding hydrogens is 278 g/mol. The van der Waals surface area contributed by atoms with Crippen molar-refractivity contribution < 1.29 is 18.5 Å². The van der Waals surface area contributed by atoms with E-state index in [4.69, 9.17) is 0 Å². The second-order valence-electron chi connectivity index (χ2n) is 3.87. The minimum absolute atomic E-state index is 0.241. The van der Waals surface area contributed by atoms with Gasteiger partial charge in [-0.2, -0.15) is 11.8 Å². The molecule has 19 heavy (non-hydrogen) atoms. The molecule has 0 heterocycles. The summed E-state index contributed by atoms with van der Waals surface area (Å²) in [5, 5.41) is 13.2. The maximum atomic E-state index is 13.1. The highest BCUT2D eigenvalue weighted by Gasteiger charge is 2.24. The molecule has 0 fully saturated rings. The zero-order chi connectivity index (χ0) is 14.6. The van der Waals surface area contributed by atoms with Crippen molar-refractivity contribution >= 4 is 23.4 Å². The summed E-state index contributed by atoms with van der Waals surface area (Å²) in [5.41, 5.74) is -1.25. The van der Waals surface area contributed by atoms with Gasteiger partial charge < -0.3 is 5.32 Å². The van der Waals surface area contributed by atoms with Gasteiger partial charge in [-0.3, -0.25) is 14.9 Å². The van der Waals surface area contributed by atoms with Gasteiger partial charge in [0, 0.05) is 11.8 Å². The average Bonchev–Trinajstić information content (AvgIpc) is 2.31. The van der Waals surface area contributed by atoms with Crippen LogP contribution in [0.15, 0.2) is 12.1 Å². The Hall–Kier alpha value is -1.70. The number of halogens is 2. The number of nitrogens with one attached hydrogen (secondary N) is 1. The molecule has 0 aromatic heterocycles. The van der Waals surface area contributed by atoms with E-state index >= 15 is 0 Å². The van der Waals surface area contributed by atoms with E-state index in [1.807, 2.05) is 6.26 Å². The van der Waals surface area contributed by atoms with Crippen LogP contribution < -0.4 is 5.32 Å². The van der Waals surface area contributed by atoms with Gasteiger partial charge in [-0.15, -0.1) is 0 Å². The van der Waals surface area contributed by atoms with Gasteiger partial charge >= 0.3 is 0 Å². The highest BCUT2D eigenvalue weighted by molar-refractivity contribution is 7.98. The number of nitro benzene ring substituents is 1. The Morgan fingerprint density at radius 1 is 1.47 bits per heavy atom. The lowest BCUT2D eigenvalue weighted by molar-refractivity contribution is -0.385. The van der Waals surface area contributed by atoms with Crippen molar-refractivity contribution in [1.82, 2.24) is 5.32 Å². The fourth-order valence-electron chi connectivity index (χ4n) is 1.46. The lowest BCUT2D eigenvalue weighted by Gasteiger charge is -2.12. The number of nitro groups is 1. The number of thioether (sulfide) groups is 1. The first-order chi connectivity index (χ1) is 8.86. The van der Waals surface area contributed by atoms with Crippen LogP contribution in [0.3, 0.4) is 0 Å². The lowest BCUT2D eigenvalue weighted by atomic mass is 10.1. The summed E-state index contributed by atoms with van der Waals surface area (Å²) in [6.07, 6.45) is 1.84. The van der Waals surface area contributed by atoms with E-state index in [0.717, 1.165) is 0 Å². The molecule has 1 atom stereocenters. The Bertz CT molecular complexity index is 511. The van der Waals surface area contributed by atoms with Gasteiger partial charge in [0.25, 0.3) is 11.6 Å². The van der Waals surface area contributed by atoms with Crippen molar-refractivity contribution in [2.24, 2.45) is 0 Å².